The summed E-state index contributed by atoms with van der Waals surface area (Å²) in [6.07, 6.45) is 0. The van der Waals surface area contributed by atoms with Crippen LogP contribution in [0.5, 0.6) is 0 Å². The fourth-order valence-corrected chi connectivity index (χ4v) is 2.43. The maximum absolute atomic E-state index is 13.6. The van der Waals surface area contributed by atoms with E-state index in [2.05, 4.69) is 21.2 Å². The Morgan fingerprint density at radius 2 is 1.89 bits per heavy atom. The van der Waals surface area contributed by atoms with E-state index in [4.69, 9.17) is 0 Å². The zero-order chi connectivity index (χ0) is 13.8. The highest BCUT2D eigenvalue weighted by Gasteiger charge is 2.09. The number of hydrogen-bond donors (Lipinski definition) is 1. The van der Waals surface area contributed by atoms with Gasteiger partial charge in [-0.2, -0.15) is 0 Å². The standard InChI is InChI=1S/C15H14BrF2N/c1-10(14-4-2-3-5-15(14)18)19-9-11-6-12(16)8-13(17)7-11/h2-8,10,19H,9H2,1H3. The molecule has 0 bridgehead atoms. The normalized spacial score (nSPS) is 12.4. The van der Waals surface area contributed by atoms with Gasteiger partial charge in [0.1, 0.15) is 11.6 Å². The maximum atomic E-state index is 13.6. The molecule has 2 rings (SSSR count). The van der Waals surface area contributed by atoms with Crippen LogP contribution in [0.2, 0.25) is 0 Å². The van der Waals surface area contributed by atoms with Crippen molar-refractivity contribution < 1.29 is 8.78 Å². The molecule has 0 spiro atoms. The SMILES string of the molecule is CC(NCc1cc(F)cc(Br)c1)c1ccccc1F. The second-order valence-electron chi connectivity index (χ2n) is 4.40. The largest absolute Gasteiger partial charge is 0.306 e. The molecular weight excluding hydrogens is 312 g/mol. The van der Waals surface area contributed by atoms with Crippen molar-refractivity contribution in [2.75, 3.05) is 0 Å². The first-order valence-electron chi connectivity index (χ1n) is 5.99. The van der Waals surface area contributed by atoms with Gasteiger partial charge in [-0.05, 0) is 36.8 Å². The fraction of sp³-hybridized carbons (Fsp3) is 0.200. The van der Waals surface area contributed by atoms with Crippen molar-refractivity contribution in [2.45, 2.75) is 19.5 Å². The van der Waals surface area contributed by atoms with Crippen molar-refractivity contribution in [3.05, 3.63) is 69.7 Å². The molecule has 1 nitrogen and oxygen atoms in total. The minimum absolute atomic E-state index is 0.136. The van der Waals surface area contributed by atoms with Gasteiger partial charge in [-0.25, -0.2) is 8.78 Å². The summed E-state index contributed by atoms with van der Waals surface area (Å²) < 4.78 is 27.5. The van der Waals surface area contributed by atoms with Crippen molar-refractivity contribution in [2.24, 2.45) is 0 Å². The van der Waals surface area contributed by atoms with Crippen LogP contribution >= 0.6 is 15.9 Å². The number of hydrogen-bond acceptors (Lipinski definition) is 1. The Morgan fingerprint density at radius 1 is 1.16 bits per heavy atom. The van der Waals surface area contributed by atoms with Gasteiger partial charge < -0.3 is 5.32 Å². The Balaban J connectivity index is 2.04. The van der Waals surface area contributed by atoms with Gasteiger partial charge in [0.05, 0.1) is 0 Å². The first-order valence-corrected chi connectivity index (χ1v) is 6.78. The third kappa shape index (κ3) is 3.85. The van der Waals surface area contributed by atoms with E-state index >= 15 is 0 Å². The van der Waals surface area contributed by atoms with Gasteiger partial charge in [0.15, 0.2) is 0 Å². The molecule has 19 heavy (non-hydrogen) atoms. The minimum Gasteiger partial charge on any atom is -0.306 e. The summed E-state index contributed by atoms with van der Waals surface area (Å²) in [5.74, 6) is -0.521. The molecule has 1 atom stereocenters. The molecule has 1 unspecified atom stereocenters. The van der Waals surface area contributed by atoms with Gasteiger partial charge in [-0.15, -0.1) is 0 Å². The van der Waals surface area contributed by atoms with Crippen molar-refractivity contribution >= 4 is 15.9 Å². The Bertz CT molecular complexity index is 552. The van der Waals surface area contributed by atoms with E-state index in [-0.39, 0.29) is 17.7 Å². The van der Waals surface area contributed by atoms with Crippen LogP contribution in [0.25, 0.3) is 0 Å². The van der Waals surface area contributed by atoms with Crippen molar-refractivity contribution in [3.63, 3.8) is 0 Å². The molecule has 0 saturated carbocycles. The Hall–Kier alpha value is -1.26. The van der Waals surface area contributed by atoms with Gasteiger partial charge in [-0.1, -0.05) is 34.1 Å². The van der Waals surface area contributed by atoms with Crippen LogP contribution in [0, 0.1) is 11.6 Å². The summed E-state index contributed by atoms with van der Waals surface area (Å²) in [6, 6.07) is 11.2. The smallest absolute Gasteiger partial charge is 0.127 e. The molecule has 0 amide bonds. The predicted molar refractivity (Wildman–Crippen MR) is 75.8 cm³/mol. The van der Waals surface area contributed by atoms with Crippen molar-refractivity contribution in [1.29, 1.82) is 0 Å². The molecular formula is C15H14BrF2N. The van der Waals surface area contributed by atoms with Crippen LogP contribution in [-0.2, 0) is 6.54 Å². The summed E-state index contributed by atoms with van der Waals surface area (Å²) in [5, 5.41) is 3.18. The molecule has 1 N–H and O–H groups in total. The van der Waals surface area contributed by atoms with Crippen LogP contribution in [0.4, 0.5) is 8.78 Å². The van der Waals surface area contributed by atoms with E-state index in [0.717, 1.165) is 5.56 Å². The van der Waals surface area contributed by atoms with Gasteiger partial charge in [0.25, 0.3) is 0 Å². The zero-order valence-electron chi connectivity index (χ0n) is 10.5. The van der Waals surface area contributed by atoms with E-state index < -0.39 is 0 Å². The summed E-state index contributed by atoms with van der Waals surface area (Å²) in [5.41, 5.74) is 1.42. The second-order valence-corrected chi connectivity index (χ2v) is 5.32. The highest BCUT2D eigenvalue weighted by atomic mass is 79.9. The monoisotopic (exact) mass is 325 g/mol. The highest BCUT2D eigenvalue weighted by molar-refractivity contribution is 9.10. The molecule has 4 heteroatoms. The van der Waals surface area contributed by atoms with E-state index in [9.17, 15) is 8.78 Å². The Labute approximate surface area is 119 Å². The van der Waals surface area contributed by atoms with E-state index in [0.29, 0.717) is 16.6 Å². The molecule has 0 aliphatic heterocycles. The van der Waals surface area contributed by atoms with E-state index in [1.165, 1.54) is 18.2 Å². The zero-order valence-corrected chi connectivity index (χ0v) is 12.0. The lowest BCUT2D eigenvalue weighted by Gasteiger charge is -2.15. The lowest BCUT2D eigenvalue weighted by atomic mass is 10.1. The molecule has 2 aromatic rings. The molecule has 0 aliphatic rings. The van der Waals surface area contributed by atoms with Crippen LogP contribution in [0.1, 0.15) is 24.1 Å². The van der Waals surface area contributed by atoms with Crippen LogP contribution in [-0.4, -0.2) is 0 Å². The molecule has 0 aliphatic carbocycles. The predicted octanol–water partition coefficient (Wildman–Crippen LogP) is 4.58. The van der Waals surface area contributed by atoms with Gasteiger partial charge >= 0.3 is 0 Å². The van der Waals surface area contributed by atoms with Gasteiger partial charge in [-0.3, -0.25) is 0 Å². The van der Waals surface area contributed by atoms with Crippen LogP contribution < -0.4 is 5.32 Å². The first-order chi connectivity index (χ1) is 9.06. The summed E-state index contributed by atoms with van der Waals surface area (Å²) in [6.45, 7) is 2.36. The molecule has 2 aromatic carbocycles. The summed E-state index contributed by atoms with van der Waals surface area (Å²) >= 11 is 3.25. The first kappa shape index (κ1) is 14.2. The molecule has 0 radical (unpaired) electrons. The lowest BCUT2D eigenvalue weighted by molar-refractivity contribution is 0.526. The average Bonchev–Trinajstić information content (AvgIpc) is 2.35. The third-order valence-corrected chi connectivity index (χ3v) is 3.36. The topological polar surface area (TPSA) is 12.0 Å². The van der Waals surface area contributed by atoms with Crippen LogP contribution in [0.15, 0.2) is 46.9 Å². The molecule has 100 valence electrons. The maximum Gasteiger partial charge on any atom is 0.127 e. The Kier molecular flexibility index (Phi) is 4.66. The number of nitrogens with one attached hydrogen (secondary N) is 1. The lowest BCUT2D eigenvalue weighted by Crippen LogP contribution is -2.19. The van der Waals surface area contributed by atoms with Crippen LogP contribution in [0.3, 0.4) is 0 Å². The van der Waals surface area contributed by atoms with E-state index in [1.807, 2.05) is 13.0 Å². The second kappa shape index (κ2) is 6.26. The molecule has 0 fully saturated rings. The number of benzene rings is 2. The van der Waals surface area contributed by atoms with Crippen molar-refractivity contribution in [3.8, 4) is 0 Å². The number of halogens is 3. The Morgan fingerprint density at radius 3 is 2.58 bits per heavy atom. The molecule has 0 heterocycles. The highest BCUT2D eigenvalue weighted by Crippen LogP contribution is 2.18. The summed E-state index contributed by atoms with van der Waals surface area (Å²) in [7, 11) is 0. The minimum atomic E-state index is -0.287. The fourth-order valence-electron chi connectivity index (χ4n) is 1.92. The number of rotatable bonds is 4. The average molecular weight is 326 g/mol. The van der Waals surface area contributed by atoms with Gasteiger partial charge in [0.2, 0.25) is 0 Å². The van der Waals surface area contributed by atoms with Crippen molar-refractivity contribution in [1.82, 2.24) is 5.32 Å². The molecule has 0 saturated heterocycles. The van der Waals surface area contributed by atoms with E-state index in [1.54, 1.807) is 18.2 Å². The summed E-state index contributed by atoms with van der Waals surface area (Å²) in [4.78, 5) is 0. The van der Waals surface area contributed by atoms with Gasteiger partial charge in [0, 0.05) is 22.6 Å². The third-order valence-electron chi connectivity index (χ3n) is 2.91. The molecule has 0 aromatic heterocycles. The quantitative estimate of drug-likeness (QED) is 0.867.